The van der Waals surface area contributed by atoms with E-state index in [4.69, 9.17) is 14.7 Å². The molecule has 0 radical (unpaired) electrons. The van der Waals surface area contributed by atoms with Gasteiger partial charge in [0.15, 0.2) is 0 Å². The molecule has 2 atom stereocenters. The minimum atomic E-state index is -0.0670. The molecular formula is C15H18N2O2. The molecule has 2 unspecified atom stereocenters. The average Bonchev–Trinajstić information content (AvgIpc) is 2.88. The zero-order valence-corrected chi connectivity index (χ0v) is 10.9. The van der Waals surface area contributed by atoms with Crippen molar-refractivity contribution in [3.8, 4) is 6.07 Å². The molecule has 100 valence electrons. The summed E-state index contributed by atoms with van der Waals surface area (Å²) in [5, 5.41) is 12.3. The number of ether oxygens (including phenoxy) is 2. The van der Waals surface area contributed by atoms with Crippen molar-refractivity contribution in [2.75, 3.05) is 25.1 Å². The van der Waals surface area contributed by atoms with E-state index in [1.54, 1.807) is 0 Å². The molecule has 19 heavy (non-hydrogen) atoms. The minimum absolute atomic E-state index is 0.0670. The van der Waals surface area contributed by atoms with E-state index in [0.717, 1.165) is 44.8 Å². The third-order valence-corrected chi connectivity index (χ3v) is 3.94. The van der Waals surface area contributed by atoms with Crippen LogP contribution in [0.5, 0.6) is 0 Å². The van der Waals surface area contributed by atoms with Crippen LogP contribution in [-0.4, -0.2) is 31.5 Å². The lowest BCUT2D eigenvalue weighted by molar-refractivity contribution is -0.0828. The quantitative estimate of drug-likeness (QED) is 0.884. The fraction of sp³-hybridized carbons (Fsp3) is 0.533. The smallest absolute Gasteiger partial charge is 0.0991 e. The van der Waals surface area contributed by atoms with E-state index in [0.29, 0.717) is 11.6 Å². The first kappa shape index (κ1) is 12.5. The highest BCUT2D eigenvalue weighted by atomic mass is 16.6. The Morgan fingerprint density at radius 2 is 2.11 bits per heavy atom. The molecule has 1 aromatic rings. The molecule has 0 aromatic heterocycles. The van der Waals surface area contributed by atoms with Gasteiger partial charge in [-0.25, -0.2) is 0 Å². The standard InChI is InChI=1S/C15H18N2O2/c16-10-12-1-3-13(4-2-12)17-14-5-7-19-15(9-14)6-8-18-11-15/h1-4,14,17H,5-9,11H2. The van der Waals surface area contributed by atoms with Crippen LogP contribution in [0.3, 0.4) is 0 Å². The number of rotatable bonds is 2. The lowest BCUT2D eigenvalue weighted by Crippen LogP contribution is -2.44. The summed E-state index contributed by atoms with van der Waals surface area (Å²) in [4.78, 5) is 0. The normalized spacial score (nSPS) is 30.2. The maximum atomic E-state index is 8.79. The monoisotopic (exact) mass is 258 g/mol. The Morgan fingerprint density at radius 1 is 1.26 bits per heavy atom. The number of hydrogen-bond acceptors (Lipinski definition) is 4. The fourth-order valence-electron chi connectivity index (χ4n) is 2.89. The molecule has 2 heterocycles. The van der Waals surface area contributed by atoms with Crippen LogP contribution < -0.4 is 5.32 Å². The fourth-order valence-corrected chi connectivity index (χ4v) is 2.89. The van der Waals surface area contributed by atoms with Gasteiger partial charge in [0.2, 0.25) is 0 Å². The first-order chi connectivity index (χ1) is 9.30. The van der Waals surface area contributed by atoms with Gasteiger partial charge in [0.05, 0.1) is 23.8 Å². The number of nitrogens with zero attached hydrogens (tertiary/aromatic N) is 1. The first-order valence-electron chi connectivity index (χ1n) is 6.78. The van der Waals surface area contributed by atoms with Crippen LogP contribution in [-0.2, 0) is 9.47 Å². The molecule has 0 bridgehead atoms. The van der Waals surface area contributed by atoms with E-state index in [-0.39, 0.29) is 5.60 Å². The Bertz CT molecular complexity index is 472. The summed E-state index contributed by atoms with van der Waals surface area (Å²) in [6.07, 6.45) is 3.01. The molecule has 2 aliphatic heterocycles. The molecule has 1 N–H and O–H groups in total. The predicted octanol–water partition coefficient (Wildman–Crippen LogP) is 2.31. The second-order valence-corrected chi connectivity index (χ2v) is 5.36. The summed E-state index contributed by atoms with van der Waals surface area (Å²) in [5.41, 5.74) is 1.70. The van der Waals surface area contributed by atoms with Crippen molar-refractivity contribution in [1.82, 2.24) is 0 Å². The second-order valence-electron chi connectivity index (χ2n) is 5.36. The third kappa shape index (κ3) is 2.73. The van der Waals surface area contributed by atoms with Crippen molar-refractivity contribution in [3.63, 3.8) is 0 Å². The molecule has 0 saturated carbocycles. The van der Waals surface area contributed by atoms with Crippen LogP contribution in [0.4, 0.5) is 5.69 Å². The van der Waals surface area contributed by atoms with Crippen LogP contribution in [0, 0.1) is 11.3 Å². The van der Waals surface area contributed by atoms with Crippen LogP contribution in [0.2, 0.25) is 0 Å². The summed E-state index contributed by atoms with van der Waals surface area (Å²) in [6.45, 7) is 2.32. The summed E-state index contributed by atoms with van der Waals surface area (Å²) >= 11 is 0. The van der Waals surface area contributed by atoms with E-state index in [2.05, 4.69) is 11.4 Å². The van der Waals surface area contributed by atoms with Crippen molar-refractivity contribution in [2.45, 2.75) is 30.9 Å². The van der Waals surface area contributed by atoms with E-state index in [1.807, 2.05) is 24.3 Å². The van der Waals surface area contributed by atoms with Crippen LogP contribution >= 0.6 is 0 Å². The number of nitriles is 1. The van der Waals surface area contributed by atoms with Gasteiger partial charge in [-0.1, -0.05) is 0 Å². The highest BCUT2D eigenvalue weighted by molar-refractivity contribution is 5.47. The second kappa shape index (κ2) is 5.20. The Kier molecular flexibility index (Phi) is 3.41. The number of nitrogens with one attached hydrogen (secondary N) is 1. The first-order valence-corrected chi connectivity index (χ1v) is 6.78. The van der Waals surface area contributed by atoms with E-state index in [9.17, 15) is 0 Å². The van der Waals surface area contributed by atoms with Gasteiger partial charge in [0, 0.05) is 31.4 Å². The molecule has 4 nitrogen and oxygen atoms in total. The summed E-state index contributed by atoms with van der Waals surface area (Å²) in [7, 11) is 0. The molecule has 0 aliphatic carbocycles. The van der Waals surface area contributed by atoms with Crippen LogP contribution in [0.15, 0.2) is 24.3 Å². The zero-order valence-electron chi connectivity index (χ0n) is 10.9. The molecule has 2 saturated heterocycles. The van der Waals surface area contributed by atoms with Crippen molar-refractivity contribution in [1.29, 1.82) is 5.26 Å². The SMILES string of the molecule is N#Cc1ccc(NC2CCOC3(CCOC3)C2)cc1. The van der Waals surface area contributed by atoms with Gasteiger partial charge in [-0.05, 0) is 37.1 Å². The molecule has 4 heteroatoms. The molecule has 0 amide bonds. The van der Waals surface area contributed by atoms with Gasteiger partial charge < -0.3 is 14.8 Å². The van der Waals surface area contributed by atoms with Crippen LogP contribution in [0.25, 0.3) is 0 Å². The predicted molar refractivity (Wildman–Crippen MR) is 71.9 cm³/mol. The van der Waals surface area contributed by atoms with E-state index < -0.39 is 0 Å². The average molecular weight is 258 g/mol. The van der Waals surface area contributed by atoms with Crippen molar-refractivity contribution in [3.05, 3.63) is 29.8 Å². The van der Waals surface area contributed by atoms with Gasteiger partial charge >= 0.3 is 0 Å². The number of anilines is 1. The maximum absolute atomic E-state index is 8.79. The highest BCUT2D eigenvalue weighted by Crippen LogP contribution is 2.33. The van der Waals surface area contributed by atoms with Crippen molar-refractivity contribution < 1.29 is 9.47 Å². The Balaban J connectivity index is 1.64. The molecule has 3 rings (SSSR count). The van der Waals surface area contributed by atoms with Gasteiger partial charge in [-0.15, -0.1) is 0 Å². The summed E-state index contributed by atoms with van der Waals surface area (Å²) in [5.74, 6) is 0. The minimum Gasteiger partial charge on any atom is -0.382 e. The maximum Gasteiger partial charge on any atom is 0.0991 e. The molecule has 2 fully saturated rings. The van der Waals surface area contributed by atoms with Gasteiger partial charge in [-0.3, -0.25) is 0 Å². The molecular weight excluding hydrogens is 240 g/mol. The van der Waals surface area contributed by atoms with Gasteiger partial charge in [0.25, 0.3) is 0 Å². The Labute approximate surface area is 113 Å². The van der Waals surface area contributed by atoms with E-state index >= 15 is 0 Å². The van der Waals surface area contributed by atoms with Crippen LogP contribution in [0.1, 0.15) is 24.8 Å². The topological polar surface area (TPSA) is 54.3 Å². The Hall–Kier alpha value is -1.57. The third-order valence-electron chi connectivity index (χ3n) is 3.94. The Morgan fingerprint density at radius 3 is 2.79 bits per heavy atom. The van der Waals surface area contributed by atoms with Gasteiger partial charge in [-0.2, -0.15) is 5.26 Å². The lowest BCUT2D eigenvalue weighted by Gasteiger charge is -2.37. The molecule has 1 spiro atoms. The highest BCUT2D eigenvalue weighted by Gasteiger charge is 2.40. The largest absolute Gasteiger partial charge is 0.382 e. The lowest BCUT2D eigenvalue weighted by atomic mass is 9.89. The van der Waals surface area contributed by atoms with Gasteiger partial charge in [0.1, 0.15) is 0 Å². The van der Waals surface area contributed by atoms with E-state index in [1.165, 1.54) is 0 Å². The zero-order chi connectivity index (χ0) is 13.1. The number of benzene rings is 1. The van der Waals surface area contributed by atoms with Crippen molar-refractivity contribution in [2.24, 2.45) is 0 Å². The summed E-state index contributed by atoms with van der Waals surface area (Å²) < 4.78 is 11.4. The molecule has 2 aliphatic rings. The summed E-state index contributed by atoms with van der Waals surface area (Å²) in [6, 6.07) is 10.2. The number of hydrogen-bond donors (Lipinski definition) is 1. The molecule has 1 aromatic carbocycles. The van der Waals surface area contributed by atoms with Crippen molar-refractivity contribution >= 4 is 5.69 Å².